The Hall–Kier alpha value is -5.02. The molecule has 0 aliphatic carbocycles. The number of hydrogen-bond acceptors (Lipinski definition) is 7. The summed E-state index contributed by atoms with van der Waals surface area (Å²) in [4.78, 5) is 12.1. The number of amidine groups is 2. The summed E-state index contributed by atoms with van der Waals surface area (Å²) in [7, 11) is 3.22. The minimum Gasteiger partial charge on any atom is -0.497 e. The summed E-state index contributed by atoms with van der Waals surface area (Å²) in [5, 5.41) is 6.88. The Bertz CT molecular complexity index is 1720. The minimum absolute atomic E-state index is 0.396. The van der Waals surface area contributed by atoms with Crippen LogP contribution in [-0.4, -0.2) is 48.8 Å². The van der Waals surface area contributed by atoms with Gasteiger partial charge in [-0.3, -0.25) is 4.90 Å². The van der Waals surface area contributed by atoms with Crippen LogP contribution in [0, 0.1) is 13.8 Å². The van der Waals surface area contributed by atoms with E-state index in [4.69, 9.17) is 41.5 Å². The quantitative estimate of drug-likeness (QED) is 0.147. The highest BCUT2D eigenvalue weighted by Crippen LogP contribution is 2.31. The van der Waals surface area contributed by atoms with Crippen LogP contribution in [0.1, 0.15) is 23.6 Å². The third-order valence-corrected chi connectivity index (χ3v) is 7.18. The van der Waals surface area contributed by atoms with Crippen LogP contribution in [0.3, 0.4) is 0 Å². The number of ether oxygens (including phenoxy) is 3. The number of aliphatic imine (C=N–C) groups is 2. The van der Waals surface area contributed by atoms with Crippen LogP contribution in [0.15, 0.2) is 106 Å². The molecule has 1 heterocycles. The molecule has 1 fully saturated rings. The Labute approximate surface area is 257 Å². The molecule has 9 heteroatoms. The molecule has 8 nitrogen and oxygen atoms in total. The molecule has 0 amide bonds. The summed E-state index contributed by atoms with van der Waals surface area (Å²) >= 11 is 6.09. The monoisotopic (exact) mass is 591 g/mol. The maximum Gasteiger partial charge on any atom is 0.209 e. The van der Waals surface area contributed by atoms with Gasteiger partial charge in [0.15, 0.2) is 5.84 Å². The van der Waals surface area contributed by atoms with Gasteiger partial charge in [0.25, 0.3) is 0 Å². The van der Waals surface area contributed by atoms with Gasteiger partial charge in [0.1, 0.15) is 17.2 Å². The molecule has 0 radical (unpaired) electrons. The van der Waals surface area contributed by atoms with Gasteiger partial charge in [0.2, 0.25) is 10.9 Å². The first-order chi connectivity index (χ1) is 20.9. The molecular weight excluding hydrogens is 558 g/mol. The summed E-state index contributed by atoms with van der Waals surface area (Å²) in [5.41, 5.74) is 5.17. The van der Waals surface area contributed by atoms with E-state index in [1.165, 1.54) is 0 Å². The van der Waals surface area contributed by atoms with Gasteiger partial charge < -0.3 is 14.2 Å². The van der Waals surface area contributed by atoms with E-state index in [1.807, 2.05) is 117 Å². The molecule has 0 N–H and O–H groups in total. The average molecular weight is 592 g/mol. The van der Waals surface area contributed by atoms with Gasteiger partial charge in [0, 0.05) is 11.6 Å². The first kappa shape index (κ1) is 29.5. The Kier molecular flexibility index (Phi) is 9.12. The van der Waals surface area contributed by atoms with Crippen molar-refractivity contribution in [1.29, 1.82) is 0 Å². The lowest BCUT2D eigenvalue weighted by Gasteiger charge is -2.18. The van der Waals surface area contributed by atoms with E-state index in [0.29, 0.717) is 34.9 Å². The highest BCUT2D eigenvalue weighted by Gasteiger charge is 2.39. The Morgan fingerprint density at radius 2 is 1.35 bits per heavy atom. The van der Waals surface area contributed by atoms with Crippen LogP contribution in [-0.2, 0) is 0 Å². The van der Waals surface area contributed by atoms with Crippen LogP contribution >= 0.6 is 12.2 Å². The molecule has 1 aliphatic heterocycles. The van der Waals surface area contributed by atoms with E-state index in [1.54, 1.807) is 25.4 Å². The van der Waals surface area contributed by atoms with Crippen molar-refractivity contribution in [3.8, 4) is 17.2 Å². The molecule has 218 valence electrons. The van der Waals surface area contributed by atoms with Crippen LogP contribution in [0.5, 0.6) is 17.2 Å². The summed E-state index contributed by atoms with van der Waals surface area (Å²) in [6.07, 6.45) is 1.70. The maximum absolute atomic E-state index is 6.09. The third kappa shape index (κ3) is 6.42. The largest absolute Gasteiger partial charge is 0.497 e. The smallest absolute Gasteiger partial charge is 0.209 e. The highest BCUT2D eigenvalue weighted by atomic mass is 32.1. The molecule has 1 aliphatic rings. The fraction of sp³-hybridized carbons (Fsp3) is 0.176. The Morgan fingerprint density at radius 3 is 1.93 bits per heavy atom. The number of methoxy groups -OCH3 is 2. The van der Waals surface area contributed by atoms with Crippen molar-refractivity contribution in [3.05, 3.63) is 108 Å². The van der Waals surface area contributed by atoms with Gasteiger partial charge in [-0.15, -0.1) is 0 Å². The molecule has 4 aromatic carbocycles. The lowest BCUT2D eigenvalue weighted by Crippen LogP contribution is -2.31. The molecule has 0 atom stereocenters. The number of thiocarbonyl (C=S) groups is 1. The fourth-order valence-corrected chi connectivity index (χ4v) is 4.84. The van der Waals surface area contributed by atoms with Crippen LogP contribution in [0.25, 0.3) is 0 Å². The first-order valence-corrected chi connectivity index (χ1v) is 14.3. The average Bonchev–Trinajstić information content (AvgIpc) is 3.28. The van der Waals surface area contributed by atoms with Gasteiger partial charge in [-0.2, -0.15) is 10.1 Å². The first-order valence-electron chi connectivity index (χ1n) is 13.9. The van der Waals surface area contributed by atoms with Gasteiger partial charge in [-0.05, 0) is 92.6 Å². The van der Waals surface area contributed by atoms with Crippen LogP contribution in [0.2, 0.25) is 0 Å². The van der Waals surface area contributed by atoms with E-state index in [9.17, 15) is 0 Å². The summed E-state index contributed by atoms with van der Waals surface area (Å²) in [6, 6.07) is 29.2. The van der Waals surface area contributed by atoms with Crippen molar-refractivity contribution in [2.24, 2.45) is 15.1 Å². The number of nitrogens with zero attached hydrogens (tertiary/aromatic N) is 5. The second-order valence-corrected chi connectivity index (χ2v) is 10.0. The lowest BCUT2D eigenvalue weighted by atomic mass is 10.2. The van der Waals surface area contributed by atoms with Gasteiger partial charge in [0.05, 0.1) is 44.1 Å². The van der Waals surface area contributed by atoms with E-state index in [2.05, 4.69) is 0 Å². The number of benzene rings is 4. The van der Waals surface area contributed by atoms with E-state index < -0.39 is 0 Å². The molecular formula is C34H33N5O3S. The zero-order valence-corrected chi connectivity index (χ0v) is 25.6. The predicted octanol–water partition coefficient (Wildman–Crippen LogP) is 7.62. The zero-order chi connectivity index (χ0) is 30.3. The Balaban J connectivity index is 1.70. The molecule has 0 unspecified atom stereocenters. The number of anilines is 1. The second-order valence-electron chi connectivity index (χ2n) is 9.65. The van der Waals surface area contributed by atoms with Crippen LogP contribution < -0.4 is 19.1 Å². The number of hydrogen-bond donors (Lipinski definition) is 0. The number of hydrazone groups is 1. The SMILES string of the molecule is CCOc1ccc(N2C(=S)N(/N=C\c3ccc(OC)cc3OC)C(=Nc3ccccc3C)C2=Nc2ccccc2C)cc1. The molecule has 0 spiro atoms. The normalized spacial score (nSPS) is 15.1. The van der Waals surface area contributed by atoms with E-state index in [-0.39, 0.29) is 0 Å². The van der Waals surface area contributed by atoms with Gasteiger partial charge in [-0.25, -0.2) is 9.98 Å². The molecule has 0 bridgehead atoms. The zero-order valence-electron chi connectivity index (χ0n) is 24.8. The van der Waals surface area contributed by atoms with E-state index in [0.717, 1.165) is 39.5 Å². The molecule has 1 saturated heterocycles. The van der Waals surface area contributed by atoms with E-state index >= 15 is 0 Å². The van der Waals surface area contributed by atoms with Crippen molar-refractivity contribution in [2.75, 3.05) is 25.7 Å². The maximum atomic E-state index is 6.09. The number of rotatable bonds is 9. The topological polar surface area (TPSA) is 71.2 Å². The predicted molar refractivity (Wildman–Crippen MR) is 178 cm³/mol. The molecule has 0 saturated carbocycles. The van der Waals surface area contributed by atoms with Crippen molar-refractivity contribution in [3.63, 3.8) is 0 Å². The fourth-order valence-electron chi connectivity index (χ4n) is 4.51. The van der Waals surface area contributed by atoms with Crippen molar-refractivity contribution >= 4 is 52.3 Å². The Morgan fingerprint density at radius 1 is 0.744 bits per heavy atom. The standard InChI is InChI=1S/C34H33N5O3S/c1-6-42-27-19-16-26(17-20-27)38-32(36-29-13-9-7-11-23(29)2)33(37-30-14-10-8-12-24(30)3)39(34(38)43)35-22-25-15-18-28(40-4)21-31(25)41-5/h7-22H,6H2,1-5H3/b35-22-,36-32?,37-33?. The van der Waals surface area contributed by atoms with Crippen molar-refractivity contribution in [1.82, 2.24) is 5.01 Å². The van der Waals surface area contributed by atoms with Crippen LogP contribution in [0.4, 0.5) is 17.1 Å². The number of aryl methyl sites for hydroxylation is 2. The van der Waals surface area contributed by atoms with Gasteiger partial charge >= 0.3 is 0 Å². The third-order valence-electron chi connectivity index (χ3n) is 6.83. The molecule has 43 heavy (non-hydrogen) atoms. The molecule has 4 aromatic rings. The summed E-state index contributed by atoms with van der Waals surface area (Å²) in [5.74, 6) is 3.10. The second kappa shape index (κ2) is 13.3. The molecule has 0 aromatic heterocycles. The minimum atomic E-state index is 0.396. The van der Waals surface area contributed by atoms with Crippen molar-refractivity contribution in [2.45, 2.75) is 20.8 Å². The molecule has 5 rings (SSSR count). The van der Waals surface area contributed by atoms with Crippen molar-refractivity contribution < 1.29 is 14.2 Å². The van der Waals surface area contributed by atoms with Gasteiger partial charge in [-0.1, -0.05) is 36.4 Å². The summed E-state index contributed by atoms with van der Waals surface area (Å²) in [6.45, 7) is 6.58. The lowest BCUT2D eigenvalue weighted by molar-refractivity contribution is 0.340. The number of para-hydroxylation sites is 2. The highest BCUT2D eigenvalue weighted by molar-refractivity contribution is 7.80. The summed E-state index contributed by atoms with van der Waals surface area (Å²) < 4.78 is 16.7.